The summed E-state index contributed by atoms with van der Waals surface area (Å²) in [5.74, 6) is -59.7. The molecule has 2 aromatic carbocycles. The van der Waals surface area contributed by atoms with Gasteiger partial charge in [0.15, 0.2) is 8.32 Å². The van der Waals surface area contributed by atoms with Gasteiger partial charge >= 0.3 is 59.7 Å². The maximum atomic E-state index is 15.0. The van der Waals surface area contributed by atoms with Gasteiger partial charge in [-0.05, 0) is 60.8 Å². The highest BCUT2D eigenvalue weighted by atomic mass is 28.4. The molecule has 2 aromatic rings. The normalized spacial score (nSPS) is 14.7. The fourth-order valence-electron chi connectivity index (χ4n) is 6.45. The summed E-state index contributed by atoms with van der Waals surface area (Å²) in [6.07, 6.45) is -8.83. The quantitative estimate of drug-likeness (QED) is 0.0282. The second-order valence-electron chi connectivity index (χ2n) is 15.7. The molecule has 0 spiro atoms. The van der Waals surface area contributed by atoms with Crippen LogP contribution in [0.2, 0.25) is 17.1 Å². The van der Waals surface area contributed by atoms with Crippen LogP contribution in [0.25, 0.3) is 0 Å². The lowest BCUT2D eigenvalue weighted by molar-refractivity contribution is -0.461. The summed E-state index contributed by atoms with van der Waals surface area (Å²) in [7, 11) is -4.06. The summed E-state index contributed by atoms with van der Waals surface area (Å²) >= 11 is 0. The molecule has 0 aliphatic carbocycles. The Balaban J connectivity index is 2.31. The maximum absolute atomic E-state index is 15.0. The summed E-state index contributed by atoms with van der Waals surface area (Å²) in [4.78, 5) is 24.5. The average Bonchev–Trinajstić information content (AvgIpc) is 3.20. The van der Waals surface area contributed by atoms with Crippen molar-refractivity contribution >= 4 is 26.1 Å². The Morgan fingerprint density at radius 3 is 1.71 bits per heavy atom. The van der Waals surface area contributed by atoms with Gasteiger partial charge in [0.1, 0.15) is 30.1 Å². The van der Waals surface area contributed by atoms with Crippen LogP contribution >= 0.6 is 0 Å². The molecule has 0 aromatic heterocycles. The Hall–Kier alpha value is -4.69. The number of amides is 1. The number of benzene rings is 2. The molecule has 0 saturated carbocycles. The molecule has 27 heteroatoms. The fraction of sp³-hybridized carbons (Fsp3) is 0.561. The molecule has 0 unspecified atom stereocenters. The zero-order valence-corrected chi connectivity index (χ0v) is 37.4. The van der Waals surface area contributed by atoms with Gasteiger partial charge in [-0.25, -0.2) is 18.4 Å². The lowest BCUT2D eigenvalue weighted by Crippen LogP contribution is -2.74. The third kappa shape index (κ3) is 12.5. The largest absolute Gasteiger partial charge is 0.491 e. The third-order valence-electron chi connectivity index (χ3n) is 10.4. The SMILES string of the molecule is CCOC(=O)/C=C/C=C(\C)C[C@H](OC(=O)Nc1ccc(F)cc1F)c1ccc(OCCO[Si](CCC(F)(F)C(F)(F)C(F)(F)C(F)(F)C(F)(F)C(F)(F)C(F)(F)C(F)(F)F)(C(C)C)C(C)C)cc1. The number of carbonyl (C=O) groups is 2. The van der Waals surface area contributed by atoms with E-state index in [4.69, 9.17) is 18.6 Å². The first kappa shape index (κ1) is 59.4. The number of hydrogen-bond donors (Lipinski definition) is 1. The third-order valence-corrected chi connectivity index (χ3v) is 16.1. The molecule has 68 heavy (non-hydrogen) atoms. The van der Waals surface area contributed by atoms with E-state index in [1.54, 1.807) is 13.8 Å². The molecule has 0 bridgehead atoms. The van der Waals surface area contributed by atoms with Gasteiger partial charge in [-0.1, -0.05) is 57.6 Å². The molecule has 1 N–H and O–H groups in total. The zero-order chi connectivity index (χ0) is 52.7. The number of alkyl halides is 17. The number of nitrogens with one attached hydrogen (secondary N) is 1. The minimum atomic E-state index is -8.72. The maximum Gasteiger partial charge on any atom is 0.460 e. The Morgan fingerprint density at radius 2 is 1.22 bits per heavy atom. The molecular formula is C41H44F19NO6Si. The van der Waals surface area contributed by atoms with Crippen LogP contribution in [0.1, 0.15) is 66.1 Å². The molecule has 0 aliphatic heterocycles. The van der Waals surface area contributed by atoms with Crippen LogP contribution < -0.4 is 10.1 Å². The van der Waals surface area contributed by atoms with Crippen molar-refractivity contribution in [2.24, 2.45) is 0 Å². The van der Waals surface area contributed by atoms with E-state index in [0.717, 1.165) is 18.2 Å². The van der Waals surface area contributed by atoms with E-state index in [1.165, 1.54) is 64.1 Å². The predicted octanol–water partition coefficient (Wildman–Crippen LogP) is 14.3. The minimum Gasteiger partial charge on any atom is -0.491 e. The Labute approximate surface area is 377 Å². The molecule has 0 saturated heterocycles. The monoisotopic (exact) mass is 1040 g/mol. The van der Waals surface area contributed by atoms with Gasteiger partial charge < -0.3 is 18.6 Å². The number of esters is 1. The highest BCUT2D eigenvalue weighted by Gasteiger charge is 2.95. The van der Waals surface area contributed by atoms with Crippen molar-refractivity contribution in [3.8, 4) is 5.75 Å². The zero-order valence-electron chi connectivity index (χ0n) is 36.4. The molecule has 1 amide bonds. The highest BCUT2D eigenvalue weighted by Crippen LogP contribution is 2.64. The van der Waals surface area contributed by atoms with Crippen LogP contribution in [0, 0.1) is 11.6 Å². The molecule has 0 fully saturated rings. The van der Waals surface area contributed by atoms with Crippen molar-refractivity contribution in [1.82, 2.24) is 0 Å². The van der Waals surface area contributed by atoms with Gasteiger partial charge in [0, 0.05) is 25.0 Å². The van der Waals surface area contributed by atoms with E-state index in [1.807, 2.05) is 0 Å². The van der Waals surface area contributed by atoms with Crippen molar-refractivity contribution < 1.29 is 112 Å². The number of hydrogen-bond acceptors (Lipinski definition) is 6. The number of halogens is 19. The molecule has 2 rings (SSSR count). The summed E-state index contributed by atoms with van der Waals surface area (Å²) in [6.45, 7) is 7.39. The molecule has 7 nitrogen and oxygen atoms in total. The molecule has 0 heterocycles. The van der Waals surface area contributed by atoms with Gasteiger partial charge in [-0.3, -0.25) is 5.32 Å². The summed E-state index contributed by atoms with van der Waals surface area (Å²) in [5, 5.41) is 2.13. The van der Waals surface area contributed by atoms with Crippen molar-refractivity contribution in [3.05, 3.63) is 83.5 Å². The van der Waals surface area contributed by atoms with E-state index < -0.39 is 128 Å². The van der Waals surface area contributed by atoms with E-state index in [0.29, 0.717) is 11.6 Å². The summed E-state index contributed by atoms with van der Waals surface area (Å²) < 4.78 is 285. The molecule has 0 radical (unpaired) electrons. The first-order valence-electron chi connectivity index (χ1n) is 19.8. The summed E-state index contributed by atoms with van der Waals surface area (Å²) in [5.41, 5.74) is -1.46. The van der Waals surface area contributed by atoms with Gasteiger partial charge in [-0.2, -0.15) is 74.6 Å². The number of allylic oxidation sites excluding steroid dienone is 2. The van der Waals surface area contributed by atoms with Gasteiger partial charge in [-0.15, -0.1) is 0 Å². The smallest absolute Gasteiger partial charge is 0.460 e. The fourth-order valence-corrected chi connectivity index (χ4v) is 10.9. The average molecular weight is 1040 g/mol. The second-order valence-corrected chi connectivity index (χ2v) is 20.7. The van der Waals surface area contributed by atoms with Crippen LogP contribution in [0.4, 0.5) is 93.9 Å². The number of rotatable bonds is 24. The Morgan fingerprint density at radius 1 is 0.706 bits per heavy atom. The second kappa shape index (κ2) is 21.9. The van der Waals surface area contributed by atoms with E-state index in [9.17, 15) is 84.2 Å². The van der Waals surface area contributed by atoms with Crippen LogP contribution in [-0.4, -0.2) is 87.8 Å². The van der Waals surface area contributed by atoms with Crippen molar-refractivity contribution in [1.29, 1.82) is 0 Å². The van der Waals surface area contributed by atoms with E-state index in [2.05, 4.69) is 5.32 Å². The first-order valence-corrected chi connectivity index (χ1v) is 22.1. The summed E-state index contributed by atoms with van der Waals surface area (Å²) in [6, 6.07) is 6.35. The van der Waals surface area contributed by atoms with E-state index in [-0.39, 0.29) is 24.3 Å². The molecular weight excluding hydrogens is 992 g/mol. The minimum absolute atomic E-state index is 0.0357. The van der Waals surface area contributed by atoms with Crippen molar-refractivity contribution in [3.63, 3.8) is 0 Å². The van der Waals surface area contributed by atoms with Gasteiger partial charge in [0.05, 0.1) is 18.9 Å². The Bertz CT molecular complexity index is 2070. The van der Waals surface area contributed by atoms with Crippen molar-refractivity contribution in [2.45, 2.75) is 125 Å². The standard InChI is InChI=1S/C41H44F19NO6Si/c1-7-64-32(62)10-8-9-25(6)21-31(67-33(63)61-30-16-13-27(42)22-29(30)43)26-11-14-28(15-12-26)65-18-19-66-68(23(2)3,24(4)5)20-17-34(44,45)35(46,47)36(48,49)37(50,51)38(52,53)39(54,55)40(56,57)41(58,59)60/h8-16,22-24,31H,7,17-21H2,1-6H3,(H,61,63)/b10-8+,25-9+/t31-/m0/s1. The number of anilines is 1. The predicted molar refractivity (Wildman–Crippen MR) is 207 cm³/mol. The van der Waals surface area contributed by atoms with Crippen LogP contribution in [0.15, 0.2) is 66.3 Å². The molecule has 0 aliphatic rings. The van der Waals surface area contributed by atoms with Crippen molar-refractivity contribution in [2.75, 3.05) is 25.1 Å². The Kier molecular flexibility index (Phi) is 19.2. The van der Waals surface area contributed by atoms with Crippen LogP contribution in [-0.2, 0) is 18.7 Å². The van der Waals surface area contributed by atoms with Gasteiger partial charge in [0.2, 0.25) is 0 Å². The highest BCUT2D eigenvalue weighted by molar-refractivity contribution is 6.76. The molecule has 1 atom stereocenters. The van der Waals surface area contributed by atoms with E-state index >= 15 is 8.78 Å². The lowest BCUT2D eigenvalue weighted by atomic mass is 9.88. The number of ether oxygens (including phenoxy) is 3. The number of carbonyl (C=O) groups excluding carboxylic acids is 2. The van der Waals surface area contributed by atoms with Gasteiger partial charge in [0.25, 0.3) is 0 Å². The van der Waals surface area contributed by atoms with Crippen LogP contribution in [0.5, 0.6) is 5.75 Å². The molecule has 386 valence electrons. The van der Waals surface area contributed by atoms with Crippen LogP contribution in [0.3, 0.4) is 0 Å². The first-order chi connectivity index (χ1) is 30.8. The lowest BCUT2D eigenvalue weighted by Gasteiger charge is -2.44. The topological polar surface area (TPSA) is 83.1 Å².